The molecule has 1 fully saturated rings. The first kappa shape index (κ1) is 16.3. The molecule has 0 atom stereocenters. The number of hydrogen-bond donors (Lipinski definition) is 0. The van der Waals surface area contributed by atoms with Gasteiger partial charge in [0.1, 0.15) is 5.60 Å². The highest BCUT2D eigenvalue weighted by molar-refractivity contribution is 5.68. The fraction of sp³-hybridized carbons (Fsp3) is 0.667. The van der Waals surface area contributed by atoms with Crippen molar-refractivity contribution in [1.82, 2.24) is 14.8 Å². The van der Waals surface area contributed by atoms with Crippen molar-refractivity contribution in [2.75, 3.05) is 13.1 Å². The molecule has 1 aromatic heterocycles. The molecule has 122 valence electrons. The minimum Gasteiger partial charge on any atom is -0.444 e. The molecule has 0 N–H and O–H groups in total. The van der Waals surface area contributed by atoms with Crippen LogP contribution in [-0.4, -0.2) is 45.6 Å². The van der Waals surface area contributed by atoms with Gasteiger partial charge in [0.25, 0.3) is 0 Å². The van der Waals surface area contributed by atoms with Crippen molar-refractivity contribution in [2.24, 2.45) is 0 Å². The Morgan fingerprint density at radius 2 is 1.91 bits per heavy atom. The Morgan fingerprint density at radius 1 is 1.27 bits per heavy atom. The van der Waals surface area contributed by atoms with Crippen LogP contribution in [0.1, 0.15) is 52.1 Å². The van der Waals surface area contributed by atoms with Crippen LogP contribution in [0.5, 0.6) is 0 Å². The van der Waals surface area contributed by atoms with E-state index in [9.17, 15) is 9.59 Å². The molecule has 1 saturated heterocycles. The SMILES string of the molecule is CC(=O)On1nccc1C1CCN(C(=O)OC(C)(C)C)CC1. The smallest absolute Gasteiger partial charge is 0.410 e. The second kappa shape index (κ2) is 6.37. The number of aromatic nitrogens is 2. The number of piperidine rings is 1. The molecule has 2 rings (SSSR count). The third-order valence-electron chi connectivity index (χ3n) is 3.42. The van der Waals surface area contributed by atoms with Crippen LogP contribution in [0.25, 0.3) is 0 Å². The summed E-state index contributed by atoms with van der Waals surface area (Å²) in [6, 6.07) is 1.84. The normalized spacial score (nSPS) is 16.5. The predicted octanol–water partition coefficient (Wildman–Crippen LogP) is 1.97. The highest BCUT2D eigenvalue weighted by Gasteiger charge is 2.29. The van der Waals surface area contributed by atoms with E-state index in [-0.39, 0.29) is 12.0 Å². The minimum atomic E-state index is -0.484. The molecule has 0 unspecified atom stereocenters. The third-order valence-corrected chi connectivity index (χ3v) is 3.42. The molecule has 0 saturated carbocycles. The van der Waals surface area contributed by atoms with Gasteiger partial charge >= 0.3 is 12.1 Å². The topological polar surface area (TPSA) is 73.7 Å². The van der Waals surface area contributed by atoms with Gasteiger partial charge in [-0.1, -0.05) is 4.85 Å². The maximum atomic E-state index is 12.0. The van der Waals surface area contributed by atoms with Gasteiger partial charge in [-0.25, -0.2) is 9.59 Å². The van der Waals surface area contributed by atoms with Gasteiger partial charge in [-0.05, 0) is 39.7 Å². The van der Waals surface area contributed by atoms with Crippen molar-refractivity contribution in [3.8, 4) is 0 Å². The van der Waals surface area contributed by atoms with Crippen LogP contribution in [0, 0.1) is 0 Å². The lowest BCUT2D eigenvalue weighted by atomic mass is 9.94. The number of amides is 1. The molecule has 1 aliphatic rings. The molecule has 0 aliphatic carbocycles. The Hall–Kier alpha value is -2.05. The van der Waals surface area contributed by atoms with Crippen molar-refractivity contribution in [3.05, 3.63) is 18.0 Å². The van der Waals surface area contributed by atoms with Gasteiger partial charge in [0.05, 0.1) is 11.9 Å². The Bertz CT molecular complexity index is 539. The van der Waals surface area contributed by atoms with Gasteiger partial charge < -0.3 is 14.5 Å². The summed E-state index contributed by atoms with van der Waals surface area (Å²) in [5.41, 5.74) is 0.376. The van der Waals surface area contributed by atoms with Crippen LogP contribution in [-0.2, 0) is 9.53 Å². The van der Waals surface area contributed by atoms with E-state index in [1.54, 1.807) is 11.1 Å². The summed E-state index contributed by atoms with van der Waals surface area (Å²) in [4.78, 5) is 31.1. The van der Waals surface area contributed by atoms with Crippen LogP contribution in [0.15, 0.2) is 12.3 Å². The van der Waals surface area contributed by atoms with Crippen molar-refractivity contribution >= 4 is 12.1 Å². The highest BCUT2D eigenvalue weighted by Crippen LogP contribution is 2.28. The molecule has 0 bridgehead atoms. The van der Waals surface area contributed by atoms with E-state index < -0.39 is 11.6 Å². The molecule has 7 nitrogen and oxygen atoms in total. The molecular formula is C15H23N3O4. The molecule has 7 heteroatoms. The van der Waals surface area contributed by atoms with Crippen LogP contribution in [0.4, 0.5) is 4.79 Å². The van der Waals surface area contributed by atoms with Gasteiger partial charge in [0.2, 0.25) is 0 Å². The number of carbonyl (C=O) groups excluding carboxylic acids is 2. The van der Waals surface area contributed by atoms with E-state index in [0.717, 1.165) is 18.5 Å². The number of carbonyl (C=O) groups is 2. The lowest BCUT2D eigenvalue weighted by Crippen LogP contribution is -2.41. The lowest BCUT2D eigenvalue weighted by molar-refractivity contribution is -0.143. The van der Waals surface area contributed by atoms with E-state index >= 15 is 0 Å². The maximum Gasteiger partial charge on any atom is 0.410 e. The lowest BCUT2D eigenvalue weighted by Gasteiger charge is -2.33. The number of likely N-dealkylation sites (tertiary alicyclic amines) is 1. The molecular weight excluding hydrogens is 286 g/mol. The molecule has 1 aromatic rings. The first-order valence-electron chi connectivity index (χ1n) is 7.47. The Balaban J connectivity index is 1.94. The second-order valence-electron chi connectivity index (χ2n) is 6.45. The number of nitrogens with zero attached hydrogens (tertiary/aromatic N) is 3. The van der Waals surface area contributed by atoms with E-state index in [0.29, 0.717) is 13.1 Å². The zero-order chi connectivity index (χ0) is 16.3. The van der Waals surface area contributed by atoms with Gasteiger partial charge in [0, 0.05) is 25.9 Å². The summed E-state index contributed by atoms with van der Waals surface area (Å²) in [6.07, 6.45) is 2.90. The standard InChI is InChI=1S/C15H23N3O4/c1-11(19)22-18-13(5-8-16-18)12-6-9-17(10-7-12)14(20)21-15(2,3)4/h5,8,12H,6-7,9-10H2,1-4H3. The number of ether oxygens (including phenoxy) is 1. The fourth-order valence-electron chi connectivity index (χ4n) is 2.48. The summed E-state index contributed by atoms with van der Waals surface area (Å²) in [5.74, 6) is -0.198. The number of hydrogen-bond acceptors (Lipinski definition) is 5. The molecule has 1 aliphatic heterocycles. The molecule has 1 amide bonds. The maximum absolute atomic E-state index is 12.0. The second-order valence-corrected chi connectivity index (χ2v) is 6.45. The fourth-order valence-corrected chi connectivity index (χ4v) is 2.48. The van der Waals surface area contributed by atoms with E-state index in [1.165, 1.54) is 11.8 Å². The van der Waals surface area contributed by atoms with Crippen LogP contribution >= 0.6 is 0 Å². The minimum absolute atomic E-state index is 0.209. The average molecular weight is 309 g/mol. The highest BCUT2D eigenvalue weighted by atomic mass is 16.7. The third kappa shape index (κ3) is 4.22. The van der Waals surface area contributed by atoms with E-state index in [4.69, 9.17) is 9.57 Å². The molecule has 0 spiro atoms. The van der Waals surface area contributed by atoms with Crippen LogP contribution in [0.3, 0.4) is 0 Å². The zero-order valence-electron chi connectivity index (χ0n) is 13.5. The summed E-state index contributed by atoms with van der Waals surface area (Å²) in [5, 5.41) is 4.00. The van der Waals surface area contributed by atoms with E-state index in [2.05, 4.69) is 5.10 Å². The summed E-state index contributed by atoms with van der Waals surface area (Å²) in [7, 11) is 0. The molecule has 0 radical (unpaired) electrons. The van der Waals surface area contributed by atoms with Gasteiger partial charge in [0.15, 0.2) is 0 Å². The van der Waals surface area contributed by atoms with E-state index in [1.807, 2.05) is 26.8 Å². The Labute approximate surface area is 130 Å². The summed E-state index contributed by atoms with van der Waals surface area (Å²) < 4.78 is 5.38. The van der Waals surface area contributed by atoms with Crippen LogP contribution < -0.4 is 4.84 Å². The number of rotatable bonds is 2. The largest absolute Gasteiger partial charge is 0.444 e. The molecule has 0 aromatic carbocycles. The first-order valence-corrected chi connectivity index (χ1v) is 7.47. The van der Waals surface area contributed by atoms with Crippen LogP contribution in [0.2, 0.25) is 0 Å². The first-order chi connectivity index (χ1) is 10.3. The zero-order valence-corrected chi connectivity index (χ0v) is 13.5. The Morgan fingerprint density at radius 3 is 2.45 bits per heavy atom. The molecule has 2 heterocycles. The van der Waals surface area contributed by atoms with Crippen molar-refractivity contribution in [1.29, 1.82) is 0 Å². The quantitative estimate of drug-likeness (QED) is 0.835. The van der Waals surface area contributed by atoms with Gasteiger partial charge in [-0.2, -0.15) is 0 Å². The molecule has 22 heavy (non-hydrogen) atoms. The summed E-state index contributed by atoms with van der Waals surface area (Å²) >= 11 is 0. The van der Waals surface area contributed by atoms with Gasteiger partial charge in [-0.3, -0.25) is 0 Å². The van der Waals surface area contributed by atoms with Crippen molar-refractivity contribution < 1.29 is 19.2 Å². The average Bonchev–Trinajstić information content (AvgIpc) is 2.84. The Kier molecular flexibility index (Phi) is 4.73. The monoisotopic (exact) mass is 309 g/mol. The van der Waals surface area contributed by atoms with Crippen molar-refractivity contribution in [3.63, 3.8) is 0 Å². The summed E-state index contributed by atoms with van der Waals surface area (Å²) in [6.45, 7) is 8.14. The van der Waals surface area contributed by atoms with Crippen molar-refractivity contribution in [2.45, 2.75) is 52.1 Å². The predicted molar refractivity (Wildman–Crippen MR) is 79.3 cm³/mol. The van der Waals surface area contributed by atoms with Gasteiger partial charge in [-0.15, -0.1) is 5.10 Å².